The number of benzene rings is 2. The van der Waals surface area contributed by atoms with Crippen LogP contribution < -0.4 is 14.4 Å². The monoisotopic (exact) mass is 716 g/mol. The first-order valence-electron chi connectivity index (χ1n) is 17.2. The molecule has 4 rings (SSSR count). The van der Waals surface area contributed by atoms with E-state index in [1.165, 1.54) is 15.4 Å². The van der Waals surface area contributed by atoms with Gasteiger partial charge in [0.05, 0.1) is 18.4 Å². The van der Waals surface area contributed by atoms with Crippen molar-refractivity contribution in [2.45, 2.75) is 70.5 Å². The lowest BCUT2D eigenvalue weighted by atomic mass is 9.70. The molecule has 1 heterocycles. The SMILES string of the molecule is CCCc1cc(Cl)ccc1C1COc2ccc(C(O)C(=O)N[S+]([O-])N(C)C)cc2N(CC2CCC2C(/C=C/CCCN(C)C(C)=O)OC)C1. The van der Waals surface area contributed by atoms with E-state index in [0.717, 1.165) is 62.3 Å². The predicted octanol–water partition coefficient (Wildman–Crippen LogP) is 5.42. The number of ether oxygens (including phenoxy) is 2. The Hall–Kier alpha value is -2.80. The molecule has 270 valence electrons. The molecule has 2 aliphatic rings. The van der Waals surface area contributed by atoms with Crippen LogP contribution in [0.15, 0.2) is 48.6 Å². The zero-order chi connectivity index (χ0) is 35.7. The van der Waals surface area contributed by atoms with Crippen molar-refractivity contribution in [2.75, 3.05) is 59.4 Å². The van der Waals surface area contributed by atoms with E-state index < -0.39 is 23.6 Å². The Balaban J connectivity index is 1.59. The first kappa shape index (κ1) is 39.0. The summed E-state index contributed by atoms with van der Waals surface area (Å²) in [7, 11) is 6.74. The van der Waals surface area contributed by atoms with E-state index in [2.05, 4.69) is 40.8 Å². The number of aryl methyl sites for hydroxylation is 1. The molecule has 0 radical (unpaired) electrons. The van der Waals surface area contributed by atoms with Crippen LogP contribution in [0.4, 0.5) is 5.69 Å². The molecular formula is C37H53ClN4O6S. The number of hydrogen-bond donors (Lipinski definition) is 2. The fourth-order valence-corrected chi connectivity index (χ4v) is 7.31. The van der Waals surface area contributed by atoms with Crippen molar-refractivity contribution < 1.29 is 28.7 Å². The Bertz CT molecular complexity index is 1440. The van der Waals surface area contributed by atoms with Crippen molar-refractivity contribution in [3.8, 4) is 5.75 Å². The van der Waals surface area contributed by atoms with Crippen molar-refractivity contribution in [2.24, 2.45) is 11.8 Å². The Kier molecular flexibility index (Phi) is 14.7. The third-order valence-electron chi connectivity index (χ3n) is 9.71. The Morgan fingerprint density at radius 3 is 2.65 bits per heavy atom. The van der Waals surface area contributed by atoms with E-state index in [1.807, 2.05) is 25.2 Å². The summed E-state index contributed by atoms with van der Waals surface area (Å²) in [6.07, 6.45) is 8.60. The minimum Gasteiger partial charge on any atom is -0.573 e. The van der Waals surface area contributed by atoms with Crippen LogP contribution in [0.2, 0.25) is 5.02 Å². The van der Waals surface area contributed by atoms with Gasteiger partial charge in [-0.1, -0.05) is 49.2 Å². The minimum absolute atomic E-state index is 0.0235. The van der Waals surface area contributed by atoms with E-state index in [1.54, 1.807) is 39.1 Å². The van der Waals surface area contributed by atoms with Gasteiger partial charge in [-0.2, -0.15) is 4.72 Å². The molecule has 2 N–H and O–H groups in total. The summed E-state index contributed by atoms with van der Waals surface area (Å²) in [6, 6.07) is 11.5. The number of carbonyl (C=O) groups excluding carboxylic acids is 2. The highest BCUT2D eigenvalue weighted by atomic mass is 35.5. The average Bonchev–Trinajstić information content (AvgIpc) is 3.24. The normalized spacial score (nSPS) is 20.9. The Morgan fingerprint density at radius 1 is 1.22 bits per heavy atom. The maximum absolute atomic E-state index is 12.8. The zero-order valence-corrected chi connectivity index (χ0v) is 31.3. The molecule has 10 nitrogen and oxygen atoms in total. The highest BCUT2D eigenvalue weighted by molar-refractivity contribution is 7.87. The number of amides is 2. The fourth-order valence-electron chi connectivity index (χ4n) is 6.65. The molecule has 1 fully saturated rings. The molecule has 1 aliphatic carbocycles. The molecule has 2 aromatic carbocycles. The number of aliphatic hydroxyl groups is 1. The van der Waals surface area contributed by atoms with Crippen molar-refractivity contribution in [1.82, 2.24) is 13.9 Å². The van der Waals surface area contributed by atoms with E-state index >= 15 is 0 Å². The molecule has 2 amide bonds. The molecule has 6 atom stereocenters. The number of nitrogens with one attached hydrogen (secondary N) is 1. The molecule has 2 aromatic rings. The first-order chi connectivity index (χ1) is 23.4. The van der Waals surface area contributed by atoms with E-state index in [9.17, 15) is 19.2 Å². The van der Waals surface area contributed by atoms with Gasteiger partial charge in [0, 0.05) is 65.8 Å². The molecule has 12 heteroatoms. The van der Waals surface area contributed by atoms with Crippen LogP contribution in [0.25, 0.3) is 0 Å². The van der Waals surface area contributed by atoms with Gasteiger partial charge in [0.25, 0.3) is 5.91 Å². The maximum atomic E-state index is 12.8. The third-order valence-corrected chi connectivity index (χ3v) is 11.0. The Morgan fingerprint density at radius 2 is 2.00 bits per heavy atom. The van der Waals surface area contributed by atoms with Gasteiger partial charge in [-0.25, -0.2) is 0 Å². The number of halogens is 1. The van der Waals surface area contributed by atoms with Crippen molar-refractivity contribution >= 4 is 40.7 Å². The van der Waals surface area contributed by atoms with Crippen LogP contribution in [-0.4, -0.2) is 91.3 Å². The highest BCUT2D eigenvalue weighted by Gasteiger charge is 2.39. The molecule has 0 spiro atoms. The molecule has 49 heavy (non-hydrogen) atoms. The summed E-state index contributed by atoms with van der Waals surface area (Å²) < 4.78 is 28.4. The lowest BCUT2D eigenvalue weighted by Gasteiger charge is -2.43. The maximum Gasteiger partial charge on any atom is 0.296 e. The smallest absolute Gasteiger partial charge is 0.296 e. The van der Waals surface area contributed by atoms with Gasteiger partial charge in [0.1, 0.15) is 5.75 Å². The molecule has 0 bridgehead atoms. The zero-order valence-electron chi connectivity index (χ0n) is 29.7. The van der Waals surface area contributed by atoms with Crippen LogP contribution in [0.3, 0.4) is 0 Å². The lowest BCUT2D eigenvalue weighted by molar-refractivity contribution is -0.128. The third kappa shape index (κ3) is 10.4. The summed E-state index contributed by atoms with van der Waals surface area (Å²) in [5.41, 5.74) is 3.65. The number of methoxy groups -OCH3 is 1. The molecular weight excluding hydrogens is 664 g/mol. The number of anilines is 1. The number of rotatable bonds is 16. The quantitative estimate of drug-likeness (QED) is 0.134. The minimum atomic E-state index is -1.76. The second-order valence-electron chi connectivity index (χ2n) is 13.4. The van der Waals surface area contributed by atoms with Gasteiger partial charge in [0.15, 0.2) is 17.7 Å². The van der Waals surface area contributed by atoms with Crippen molar-refractivity contribution in [3.63, 3.8) is 0 Å². The van der Waals surface area contributed by atoms with E-state index in [4.69, 9.17) is 21.1 Å². The summed E-state index contributed by atoms with van der Waals surface area (Å²) >= 11 is 4.67. The van der Waals surface area contributed by atoms with Gasteiger partial charge in [-0.05, 0) is 84.9 Å². The largest absolute Gasteiger partial charge is 0.573 e. The number of carbonyl (C=O) groups is 2. The lowest BCUT2D eigenvalue weighted by Crippen LogP contribution is -2.44. The second kappa shape index (κ2) is 18.4. The van der Waals surface area contributed by atoms with E-state index in [-0.39, 0.29) is 17.9 Å². The number of fused-ring (bicyclic) bond motifs is 1. The van der Waals surface area contributed by atoms with Crippen LogP contribution in [-0.2, 0) is 32.3 Å². The van der Waals surface area contributed by atoms with Gasteiger partial charge in [-0.15, -0.1) is 4.31 Å². The number of unbranched alkanes of at least 4 members (excludes halogenated alkanes) is 1. The van der Waals surface area contributed by atoms with E-state index in [0.29, 0.717) is 36.3 Å². The highest BCUT2D eigenvalue weighted by Crippen LogP contribution is 2.43. The average molecular weight is 717 g/mol. The van der Waals surface area contributed by atoms with Gasteiger partial charge in [-0.3, -0.25) is 9.59 Å². The summed E-state index contributed by atoms with van der Waals surface area (Å²) in [5, 5.41) is 11.7. The number of allylic oxidation sites excluding steroid dienone is 1. The molecule has 0 saturated heterocycles. The summed E-state index contributed by atoms with van der Waals surface area (Å²) in [5.74, 6) is 0.773. The van der Waals surface area contributed by atoms with Crippen LogP contribution in [0.1, 0.15) is 74.7 Å². The fraction of sp³-hybridized carbons (Fsp3) is 0.568. The predicted molar refractivity (Wildman–Crippen MR) is 196 cm³/mol. The van der Waals surface area contributed by atoms with Crippen LogP contribution in [0.5, 0.6) is 5.75 Å². The summed E-state index contributed by atoms with van der Waals surface area (Å²) in [4.78, 5) is 28.4. The van der Waals surface area contributed by atoms with Crippen LogP contribution in [0, 0.1) is 11.8 Å². The van der Waals surface area contributed by atoms with Gasteiger partial charge >= 0.3 is 0 Å². The number of aliphatic hydroxyl groups excluding tert-OH is 1. The van der Waals surface area contributed by atoms with Crippen molar-refractivity contribution in [1.29, 1.82) is 0 Å². The molecule has 1 saturated carbocycles. The Labute approximate surface area is 300 Å². The topological polar surface area (TPSA) is 118 Å². The van der Waals surface area contributed by atoms with Gasteiger partial charge in [0.2, 0.25) is 5.91 Å². The number of hydrogen-bond acceptors (Lipinski definition) is 8. The standard InChI is InChI=1S/C37H53ClN4O6S/c1-7-11-26-20-30(38)15-17-31(26)29-23-42(22-28-13-16-32(28)34(47-6)12-9-8-10-19-41(5)25(2)43)33-21-27(14-18-35(33)48-24-29)36(44)37(45)39-49(46)40(3)4/h9,12,14-15,17-18,20-21,28-29,32,34,36,44H,7-8,10-11,13,16,19,22-24H2,1-6H3,(H,39,45)/b12-9+. The number of nitrogens with zero attached hydrogens (tertiary/aromatic N) is 3. The van der Waals surface area contributed by atoms with Crippen LogP contribution >= 0.6 is 11.6 Å². The second-order valence-corrected chi connectivity index (χ2v) is 15.2. The first-order valence-corrected chi connectivity index (χ1v) is 18.7. The summed E-state index contributed by atoms with van der Waals surface area (Å²) in [6.45, 7) is 6.38. The molecule has 0 aromatic heterocycles. The molecule has 6 unspecified atom stereocenters. The van der Waals surface area contributed by atoms with Gasteiger partial charge < -0.3 is 28.9 Å². The molecule has 1 aliphatic heterocycles. The van der Waals surface area contributed by atoms with Crippen molar-refractivity contribution in [3.05, 3.63) is 70.3 Å².